The van der Waals surface area contributed by atoms with Crippen molar-refractivity contribution in [1.82, 2.24) is 4.98 Å². The highest BCUT2D eigenvalue weighted by Crippen LogP contribution is 2.30. The molecule has 0 amide bonds. The molecule has 1 aromatic rings. The number of sulfonamides is 1. The van der Waals surface area contributed by atoms with Gasteiger partial charge < -0.3 is 0 Å². The summed E-state index contributed by atoms with van der Waals surface area (Å²) in [4.78, 5) is 5.57. The first-order valence-electron chi connectivity index (χ1n) is 5.60. The summed E-state index contributed by atoms with van der Waals surface area (Å²) in [6, 6.07) is 0. The fourth-order valence-electron chi connectivity index (χ4n) is 1.89. The Morgan fingerprint density at radius 1 is 1.47 bits per heavy atom. The Morgan fingerprint density at radius 2 is 2.18 bits per heavy atom. The van der Waals surface area contributed by atoms with Crippen LogP contribution in [0.3, 0.4) is 0 Å². The van der Waals surface area contributed by atoms with Gasteiger partial charge in [-0.3, -0.25) is 4.72 Å². The first kappa shape index (κ1) is 12.6. The molecule has 0 bridgehead atoms. The lowest BCUT2D eigenvalue weighted by molar-refractivity contribution is 0.603. The van der Waals surface area contributed by atoms with Crippen LogP contribution in [-0.2, 0) is 22.9 Å². The van der Waals surface area contributed by atoms with E-state index in [0.29, 0.717) is 10.7 Å². The lowest BCUT2D eigenvalue weighted by atomic mass is 10.0. The van der Waals surface area contributed by atoms with Crippen LogP contribution in [0.15, 0.2) is 12.2 Å². The van der Waals surface area contributed by atoms with Crippen LogP contribution < -0.4 is 4.72 Å². The molecule has 1 aliphatic rings. The number of rotatable bonds is 4. The second kappa shape index (κ2) is 4.78. The number of nitrogens with one attached hydrogen (secondary N) is 1. The quantitative estimate of drug-likeness (QED) is 0.856. The molecule has 0 saturated carbocycles. The largest absolute Gasteiger partial charge is 0.258 e. The molecule has 1 aliphatic carbocycles. The molecule has 6 heteroatoms. The molecular formula is C11H16N2O2S2. The van der Waals surface area contributed by atoms with Crippen molar-refractivity contribution in [2.75, 3.05) is 10.5 Å². The highest BCUT2D eigenvalue weighted by molar-refractivity contribution is 7.93. The van der Waals surface area contributed by atoms with E-state index in [9.17, 15) is 8.42 Å². The number of nitrogens with zero attached hydrogens (tertiary/aromatic N) is 1. The van der Waals surface area contributed by atoms with Gasteiger partial charge in [0.05, 0.1) is 11.4 Å². The third-order valence-electron chi connectivity index (χ3n) is 2.52. The molecule has 1 heterocycles. The third kappa shape index (κ3) is 3.29. The molecule has 1 N–H and O–H groups in total. The summed E-state index contributed by atoms with van der Waals surface area (Å²) in [5.41, 5.74) is 1.69. The van der Waals surface area contributed by atoms with Crippen molar-refractivity contribution in [2.24, 2.45) is 0 Å². The van der Waals surface area contributed by atoms with Crippen LogP contribution in [0.2, 0.25) is 0 Å². The van der Waals surface area contributed by atoms with Crippen LogP contribution >= 0.6 is 11.3 Å². The van der Waals surface area contributed by atoms with Gasteiger partial charge in [-0.1, -0.05) is 12.2 Å². The van der Waals surface area contributed by atoms with Crippen molar-refractivity contribution in [2.45, 2.75) is 32.6 Å². The lowest BCUT2D eigenvalue weighted by Crippen LogP contribution is -2.16. The van der Waals surface area contributed by atoms with E-state index in [0.717, 1.165) is 25.0 Å². The molecule has 0 unspecified atom stereocenters. The van der Waals surface area contributed by atoms with E-state index in [2.05, 4.69) is 16.3 Å². The normalized spacial score (nSPS) is 15.4. The molecule has 0 aliphatic heterocycles. The maximum absolute atomic E-state index is 11.7. The summed E-state index contributed by atoms with van der Waals surface area (Å²) in [6.45, 7) is 5.31. The van der Waals surface area contributed by atoms with Gasteiger partial charge in [0.25, 0.3) is 0 Å². The van der Waals surface area contributed by atoms with Gasteiger partial charge in [-0.15, -0.1) is 11.3 Å². The highest BCUT2D eigenvalue weighted by Gasteiger charge is 2.18. The number of hydrogen-bond acceptors (Lipinski definition) is 4. The molecule has 2 rings (SSSR count). The van der Waals surface area contributed by atoms with E-state index in [1.807, 2.05) is 0 Å². The monoisotopic (exact) mass is 272 g/mol. The van der Waals surface area contributed by atoms with Crippen molar-refractivity contribution >= 4 is 26.5 Å². The lowest BCUT2D eigenvalue weighted by Gasteiger charge is -2.06. The maximum Gasteiger partial charge on any atom is 0.238 e. The molecular weight excluding hydrogens is 256 g/mol. The second-order valence-corrected chi connectivity index (χ2v) is 7.22. The molecule has 0 fully saturated rings. The van der Waals surface area contributed by atoms with Crippen LogP contribution in [0.25, 0.3) is 0 Å². The van der Waals surface area contributed by atoms with Crippen LogP contribution in [0.1, 0.15) is 30.3 Å². The second-order valence-electron chi connectivity index (χ2n) is 4.41. The Labute approximate surface area is 106 Å². The number of fused-ring (bicyclic) bond motifs is 1. The number of thiazole rings is 1. The molecule has 4 nitrogen and oxygen atoms in total. The van der Waals surface area contributed by atoms with Crippen LogP contribution in [0.4, 0.5) is 5.13 Å². The molecule has 0 saturated heterocycles. The Morgan fingerprint density at radius 3 is 2.82 bits per heavy atom. The van der Waals surface area contributed by atoms with Crippen molar-refractivity contribution in [3.63, 3.8) is 0 Å². The summed E-state index contributed by atoms with van der Waals surface area (Å²) < 4.78 is 26.0. The molecule has 0 radical (unpaired) electrons. The zero-order valence-electron chi connectivity index (χ0n) is 9.82. The number of aromatic nitrogens is 1. The average Bonchev–Trinajstić information content (AvgIpc) is 2.55. The number of hydrogen-bond donors (Lipinski definition) is 1. The predicted octanol–water partition coefficient (Wildman–Crippen LogP) is 2.34. The van der Waals surface area contributed by atoms with Crippen molar-refractivity contribution in [3.05, 3.63) is 22.7 Å². The van der Waals surface area contributed by atoms with Crippen LogP contribution in [0.5, 0.6) is 0 Å². The van der Waals surface area contributed by atoms with Gasteiger partial charge in [-0.2, -0.15) is 0 Å². The first-order chi connectivity index (χ1) is 7.96. The molecule has 0 atom stereocenters. The highest BCUT2D eigenvalue weighted by atomic mass is 32.2. The SMILES string of the molecule is C=C(C)CS(=O)(=O)Nc1nc2c(s1)CCCC2. The first-order valence-corrected chi connectivity index (χ1v) is 8.06. The third-order valence-corrected chi connectivity index (χ3v) is 5.10. The molecule has 1 aromatic heterocycles. The fraction of sp³-hybridized carbons (Fsp3) is 0.545. The minimum Gasteiger partial charge on any atom is -0.258 e. The van der Waals surface area contributed by atoms with E-state index in [-0.39, 0.29) is 5.75 Å². The van der Waals surface area contributed by atoms with Gasteiger partial charge in [0, 0.05) is 4.88 Å². The molecule has 17 heavy (non-hydrogen) atoms. The van der Waals surface area contributed by atoms with E-state index in [1.165, 1.54) is 22.6 Å². The van der Waals surface area contributed by atoms with Gasteiger partial charge in [0.15, 0.2) is 5.13 Å². The molecule has 94 valence electrons. The number of aryl methyl sites for hydroxylation is 2. The van der Waals surface area contributed by atoms with Gasteiger partial charge in [-0.25, -0.2) is 13.4 Å². The smallest absolute Gasteiger partial charge is 0.238 e. The van der Waals surface area contributed by atoms with Crippen molar-refractivity contribution in [1.29, 1.82) is 0 Å². The topological polar surface area (TPSA) is 59.1 Å². The Kier molecular flexibility index (Phi) is 3.53. The van der Waals surface area contributed by atoms with Gasteiger partial charge in [0.2, 0.25) is 10.0 Å². The molecule has 0 aromatic carbocycles. The van der Waals surface area contributed by atoms with E-state index in [1.54, 1.807) is 6.92 Å². The Hall–Kier alpha value is -0.880. The maximum atomic E-state index is 11.7. The summed E-state index contributed by atoms with van der Waals surface area (Å²) >= 11 is 1.46. The zero-order chi connectivity index (χ0) is 12.5. The van der Waals surface area contributed by atoms with Gasteiger partial charge in [-0.05, 0) is 32.6 Å². The van der Waals surface area contributed by atoms with Gasteiger partial charge in [0.1, 0.15) is 0 Å². The minimum absolute atomic E-state index is 0.0444. The van der Waals surface area contributed by atoms with Crippen LogP contribution in [-0.4, -0.2) is 19.2 Å². The van der Waals surface area contributed by atoms with E-state index in [4.69, 9.17) is 0 Å². The summed E-state index contributed by atoms with van der Waals surface area (Å²) in [7, 11) is -3.33. The Bertz CT molecular complexity index is 508. The minimum atomic E-state index is -3.33. The summed E-state index contributed by atoms with van der Waals surface area (Å²) in [6.07, 6.45) is 4.31. The Balaban J connectivity index is 2.13. The van der Waals surface area contributed by atoms with E-state index < -0.39 is 10.0 Å². The predicted molar refractivity (Wildman–Crippen MR) is 71.0 cm³/mol. The average molecular weight is 272 g/mol. The summed E-state index contributed by atoms with van der Waals surface area (Å²) in [5.74, 6) is -0.0444. The van der Waals surface area contributed by atoms with Crippen molar-refractivity contribution < 1.29 is 8.42 Å². The van der Waals surface area contributed by atoms with Crippen LogP contribution in [0, 0.1) is 0 Å². The van der Waals surface area contributed by atoms with E-state index >= 15 is 0 Å². The standard InChI is InChI=1S/C11H16N2O2S2/c1-8(2)7-17(14,15)13-11-12-9-5-3-4-6-10(9)16-11/h1,3-7H2,2H3,(H,12,13). The van der Waals surface area contributed by atoms with Crippen molar-refractivity contribution in [3.8, 4) is 0 Å². The number of anilines is 1. The van der Waals surface area contributed by atoms with Gasteiger partial charge >= 0.3 is 0 Å². The zero-order valence-corrected chi connectivity index (χ0v) is 11.5. The molecule has 0 spiro atoms. The summed E-state index contributed by atoms with van der Waals surface area (Å²) in [5, 5.41) is 0.498. The fourth-order valence-corrected chi connectivity index (χ4v) is 4.37.